The molecule has 20 heavy (non-hydrogen) atoms. The Kier molecular flexibility index (Phi) is 6.30. The third-order valence-electron chi connectivity index (χ3n) is 4.05. The van der Waals surface area contributed by atoms with Crippen molar-refractivity contribution in [3.8, 4) is 0 Å². The number of likely N-dealkylation sites (N-methyl/N-ethyl adjacent to an activating group) is 1. The normalized spacial score (nSPS) is 22.9. The monoisotopic (exact) mass is 298 g/mol. The molecule has 1 N–H and O–H groups in total. The predicted molar refractivity (Wildman–Crippen MR) is 82.3 cm³/mol. The number of piperidine rings is 1. The second-order valence-corrected chi connectivity index (χ2v) is 5.45. The van der Waals surface area contributed by atoms with E-state index in [0.717, 1.165) is 26.1 Å². The van der Waals surface area contributed by atoms with Crippen LogP contribution in [-0.4, -0.2) is 47.2 Å². The summed E-state index contributed by atoms with van der Waals surface area (Å²) in [6, 6.07) is 10.4. The molecule has 1 amide bonds. The van der Waals surface area contributed by atoms with Gasteiger partial charge >= 0.3 is 6.09 Å². The summed E-state index contributed by atoms with van der Waals surface area (Å²) in [5.74, 6) is 0.424. The second-order valence-electron chi connectivity index (χ2n) is 5.45. The van der Waals surface area contributed by atoms with Gasteiger partial charge in [0.05, 0.1) is 6.04 Å². The van der Waals surface area contributed by atoms with E-state index in [1.807, 2.05) is 18.2 Å². The maximum Gasteiger partial charge on any atom is 0.407 e. The Morgan fingerprint density at radius 2 is 2.05 bits per heavy atom. The number of rotatable bonds is 3. The fourth-order valence-electron chi connectivity index (χ4n) is 2.75. The Hall–Kier alpha value is -1.26. The van der Waals surface area contributed by atoms with Crippen molar-refractivity contribution in [3.63, 3.8) is 0 Å². The first kappa shape index (κ1) is 16.8. The molecule has 5 heteroatoms. The number of halogens is 1. The highest BCUT2D eigenvalue weighted by atomic mass is 35.5. The van der Waals surface area contributed by atoms with E-state index in [2.05, 4.69) is 24.0 Å². The first-order chi connectivity index (χ1) is 9.08. The molecule has 112 valence electrons. The van der Waals surface area contributed by atoms with Crippen LogP contribution in [0.25, 0.3) is 0 Å². The summed E-state index contributed by atoms with van der Waals surface area (Å²) in [5, 5.41) is 9.14. The van der Waals surface area contributed by atoms with Crippen LogP contribution >= 0.6 is 12.4 Å². The number of hydrogen-bond acceptors (Lipinski definition) is 2. The van der Waals surface area contributed by atoms with Crippen LogP contribution in [0.15, 0.2) is 30.3 Å². The van der Waals surface area contributed by atoms with Gasteiger partial charge in [-0.2, -0.15) is 0 Å². The van der Waals surface area contributed by atoms with Gasteiger partial charge in [-0.25, -0.2) is 4.79 Å². The predicted octanol–water partition coefficient (Wildman–Crippen LogP) is 2.93. The van der Waals surface area contributed by atoms with Crippen molar-refractivity contribution < 1.29 is 9.90 Å². The summed E-state index contributed by atoms with van der Waals surface area (Å²) >= 11 is 0. The van der Waals surface area contributed by atoms with Crippen molar-refractivity contribution in [2.75, 3.05) is 20.1 Å². The van der Waals surface area contributed by atoms with Crippen molar-refractivity contribution in [2.45, 2.75) is 25.9 Å². The Labute approximate surface area is 126 Å². The Balaban J connectivity index is 0.00000200. The van der Waals surface area contributed by atoms with Crippen LogP contribution < -0.4 is 0 Å². The molecular formula is C15H23ClN2O2. The summed E-state index contributed by atoms with van der Waals surface area (Å²) in [6.45, 7) is 4.90. The van der Waals surface area contributed by atoms with Crippen molar-refractivity contribution in [3.05, 3.63) is 35.9 Å². The van der Waals surface area contributed by atoms with Gasteiger partial charge < -0.3 is 10.0 Å². The van der Waals surface area contributed by atoms with E-state index in [1.54, 1.807) is 7.05 Å². The van der Waals surface area contributed by atoms with Gasteiger partial charge in [0.15, 0.2) is 0 Å². The standard InChI is InChI=1S/C15H22N2O2.ClH/c1-12-8-9-17(10-13-6-4-3-5-7-13)11-14(12)16(2)15(18)19;/h3-7,12,14H,8-11H2,1-2H3,(H,18,19);1H. The highest BCUT2D eigenvalue weighted by Crippen LogP contribution is 2.22. The largest absolute Gasteiger partial charge is 0.465 e. The molecule has 1 aromatic rings. The molecule has 0 aromatic heterocycles. The molecule has 1 fully saturated rings. The molecule has 1 heterocycles. The topological polar surface area (TPSA) is 43.8 Å². The molecule has 0 bridgehead atoms. The van der Waals surface area contributed by atoms with Gasteiger partial charge in [0, 0.05) is 20.1 Å². The number of carboxylic acid groups (broad SMARTS) is 1. The van der Waals surface area contributed by atoms with E-state index in [9.17, 15) is 4.79 Å². The number of amides is 1. The molecule has 1 aromatic carbocycles. The van der Waals surface area contributed by atoms with E-state index < -0.39 is 6.09 Å². The third kappa shape index (κ3) is 4.12. The average molecular weight is 299 g/mol. The SMILES string of the molecule is CC1CCN(Cc2ccccc2)CC1N(C)C(=O)O.Cl. The summed E-state index contributed by atoms with van der Waals surface area (Å²) in [7, 11) is 1.68. The Morgan fingerprint density at radius 3 is 2.65 bits per heavy atom. The molecule has 0 spiro atoms. The van der Waals surface area contributed by atoms with E-state index in [0.29, 0.717) is 5.92 Å². The molecule has 2 rings (SSSR count). The molecule has 0 aliphatic carbocycles. The second kappa shape index (κ2) is 7.50. The summed E-state index contributed by atoms with van der Waals surface area (Å²) in [6.07, 6.45) is 0.216. The maximum absolute atomic E-state index is 11.1. The zero-order valence-electron chi connectivity index (χ0n) is 12.0. The van der Waals surface area contributed by atoms with Gasteiger partial charge in [-0.1, -0.05) is 37.3 Å². The van der Waals surface area contributed by atoms with Gasteiger partial charge in [0.1, 0.15) is 0 Å². The molecule has 2 unspecified atom stereocenters. The first-order valence-electron chi connectivity index (χ1n) is 6.80. The number of carbonyl (C=O) groups is 1. The molecule has 1 aliphatic rings. The Bertz CT molecular complexity index is 427. The van der Waals surface area contributed by atoms with Crippen LogP contribution in [0.3, 0.4) is 0 Å². The van der Waals surface area contributed by atoms with Crippen LogP contribution in [0.2, 0.25) is 0 Å². The Morgan fingerprint density at radius 1 is 1.40 bits per heavy atom. The highest BCUT2D eigenvalue weighted by Gasteiger charge is 2.31. The third-order valence-corrected chi connectivity index (χ3v) is 4.05. The van der Waals surface area contributed by atoms with Crippen LogP contribution in [0.5, 0.6) is 0 Å². The summed E-state index contributed by atoms with van der Waals surface area (Å²) < 4.78 is 0. The van der Waals surface area contributed by atoms with Crippen molar-refractivity contribution >= 4 is 18.5 Å². The van der Waals surface area contributed by atoms with Gasteiger partial charge in [-0.3, -0.25) is 4.90 Å². The number of hydrogen-bond donors (Lipinski definition) is 1. The fraction of sp³-hybridized carbons (Fsp3) is 0.533. The van der Waals surface area contributed by atoms with Gasteiger partial charge in [-0.15, -0.1) is 12.4 Å². The van der Waals surface area contributed by atoms with Crippen LogP contribution in [0.1, 0.15) is 18.9 Å². The van der Waals surface area contributed by atoms with Crippen LogP contribution in [0.4, 0.5) is 4.79 Å². The first-order valence-corrected chi connectivity index (χ1v) is 6.80. The van der Waals surface area contributed by atoms with E-state index >= 15 is 0 Å². The minimum atomic E-state index is -0.835. The average Bonchev–Trinajstić information content (AvgIpc) is 2.41. The van der Waals surface area contributed by atoms with Gasteiger partial charge in [0.2, 0.25) is 0 Å². The lowest BCUT2D eigenvalue weighted by Gasteiger charge is -2.40. The van der Waals surface area contributed by atoms with Crippen molar-refractivity contribution in [2.24, 2.45) is 5.92 Å². The maximum atomic E-state index is 11.1. The lowest BCUT2D eigenvalue weighted by molar-refractivity contribution is 0.0666. The fourth-order valence-corrected chi connectivity index (χ4v) is 2.75. The quantitative estimate of drug-likeness (QED) is 0.933. The lowest BCUT2D eigenvalue weighted by atomic mass is 9.92. The smallest absolute Gasteiger partial charge is 0.407 e. The lowest BCUT2D eigenvalue weighted by Crippen LogP contribution is -2.51. The summed E-state index contributed by atoms with van der Waals surface area (Å²) in [5.41, 5.74) is 1.29. The molecule has 2 atom stereocenters. The van der Waals surface area contributed by atoms with Crippen LogP contribution in [-0.2, 0) is 6.54 Å². The summed E-state index contributed by atoms with van der Waals surface area (Å²) in [4.78, 5) is 14.9. The van der Waals surface area contributed by atoms with Crippen molar-refractivity contribution in [1.29, 1.82) is 0 Å². The van der Waals surface area contributed by atoms with Crippen LogP contribution in [0, 0.1) is 5.92 Å². The molecular weight excluding hydrogens is 276 g/mol. The number of likely N-dealkylation sites (tertiary alicyclic amines) is 1. The van der Waals surface area contributed by atoms with Gasteiger partial charge in [-0.05, 0) is 24.4 Å². The zero-order chi connectivity index (χ0) is 13.8. The molecule has 1 aliphatic heterocycles. The molecule has 0 saturated carbocycles. The van der Waals surface area contributed by atoms with Gasteiger partial charge in [0.25, 0.3) is 0 Å². The zero-order valence-corrected chi connectivity index (χ0v) is 12.8. The molecule has 1 saturated heterocycles. The molecule has 0 radical (unpaired) electrons. The minimum Gasteiger partial charge on any atom is -0.465 e. The molecule has 4 nitrogen and oxygen atoms in total. The van der Waals surface area contributed by atoms with E-state index in [1.165, 1.54) is 10.5 Å². The minimum absolute atomic E-state index is 0. The van der Waals surface area contributed by atoms with Crippen molar-refractivity contribution in [1.82, 2.24) is 9.80 Å². The van der Waals surface area contributed by atoms with E-state index in [4.69, 9.17) is 5.11 Å². The highest BCUT2D eigenvalue weighted by molar-refractivity contribution is 5.85. The number of benzene rings is 1. The van der Waals surface area contributed by atoms with E-state index in [-0.39, 0.29) is 18.4 Å². The number of nitrogens with zero attached hydrogens (tertiary/aromatic N) is 2.